The lowest BCUT2D eigenvalue weighted by atomic mass is 10.1. The first-order valence-electron chi connectivity index (χ1n) is 4.00. The summed E-state index contributed by atoms with van der Waals surface area (Å²) in [7, 11) is 0. The fraction of sp³-hybridized carbons (Fsp3) is 0.333. The van der Waals surface area contributed by atoms with E-state index in [1.54, 1.807) is 6.20 Å². The van der Waals surface area contributed by atoms with Gasteiger partial charge in [-0.3, -0.25) is 4.98 Å². The zero-order valence-corrected chi connectivity index (χ0v) is 7.07. The van der Waals surface area contributed by atoms with Crippen LogP contribution < -0.4 is 0 Å². The maximum Gasteiger partial charge on any atom is 0.105 e. The molecule has 12 heavy (non-hydrogen) atoms. The molecule has 0 aliphatic heterocycles. The Labute approximate surface area is 71.8 Å². The van der Waals surface area contributed by atoms with E-state index in [4.69, 9.17) is 5.21 Å². The first-order chi connectivity index (χ1) is 5.88. The molecule has 3 nitrogen and oxygen atoms in total. The quantitative estimate of drug-likeness (QED) is 0.422. The van der Waals surface area contributed by atoms with Crippen molar-refractivity contribution in [3.05, 3.63) is 30.1 Å². The second-order valence-corrected chi connectivity index (χ2v) is 2.51. The van der Waals surface area contributed by atoms with Crippen LogP contribution in [0.4, 0.5) is 0 Å². The number of rotatable bonds is 3. The van der Waals surface area contributed by atoms with E-state index in [9.17, 15) is 0 Å². The number of pyridine rings is 1. The first-order valence-corrected chi connectivity index (χ1v) is 4.00. The molecule has 0 aliphatic carbocycles. The van der Waals surface area contributed by atoms with Gasteiger partial charge in [-0.05, 0) is 18.6 Å². The van der Waals surface area contributed by atoms with Crippen molar-refractivity contribution in [3.8, 4) is 0 Å². The van der Waals surface area contributed by atoms with Crippen molar-refractivity contribution in [2.75, 3.05) is 0 Å². The molecular formula is C9H12N2O. The van der Waals surface area contributed by atoms with Crippen LogP contribution in [-0.4, -0.2) is 15.9 Å². The van der Waals surface area contributed by atoms with Gasteiger partial charge >= 0.3 is 0 Å². The Balaban J connectivity index is 2.82. The summed E-state index contributed by atoms with van der Waals surface area (Å²) in [4.78, 5) is 4.08. The standard InChI is InChI=1S/C9H12N2O/c1-2-5-9(11-12)8-6-3-4-7-10-8/h3-4,6-7,12H,2,5H2,1H3. The molecule has 1 heterocycles. The van der Waals surface area contributed by atoms with Crippen molar-refractivity contribution in [3.63, 3.8) is 0 Å². The molecule has 1 aromatic heterocycles. The molecule has 0 saturated carbocycles. The first kappa shape index (κ1) is 8.71. The number of aromatic nitrogens is 1. The van der Waals surface area contributed by atoms with Gasteiger partial charge in [0.1, 0.15) is 5.71 Å². The Morgan fingerprint density at radius 1 is 1.58 bits per heavy atom. The SMILES string of the molecule is CCCC(=NO)c1ccccn1. The molecule has 1 N–H and O–H groups in total. The normalized spacial score (nSPS) is 11.6. The fourth-order valence-corrected chi connectivity index (χ4v) is 1.000. The van der Waals surface area contributed by atoms with Crippen LogP contribution in [0.25, 0.3) is 0 Å². The van der Waals surface area contributed by atoms with Crippen molar-refractivity contribution in [2.24, 2.45) is 5.16 Å². The highest BCUT2D eigenvalue weighted by Crippen LogP contribution is 2.02. The summed E-state index contributed by atoms with van der Waals surface area (Å²) >= 11 is 0. The summed E-state index contributed by atoms with van der Waals surface area (Å²) in [6.07, 6.45) is 3.40. The topological polar surface area (TPSA) is 45.5 Å². The minimum Gasteiger partial charge on any atom is -0.411 e. The second kappa shape index (κ2) is 4.49. The fourth-order valence-electron chi connectivity index (χ4n) is 1.000. The van der Waals surface area contributed by atoms with Gasteiger partial charge < -0.3 is 5.21 Å². The van der Waals surface area contributed by atoms with E-state index in [-0.39, 0.29) is 0 Å². The third kappa shape index (κ3) is 2.05. The summed E-state index contributed by atoms with van der Waals surface area (Å²) in [5.41, 5.74) is 1.40. The van der Waals surface area contributed by atoms with Crippen LogP contribution >= 0.6 is 0 Å². The minimum absolute atomic E-state index is 0.651. The van der Waals surface area contributed by atoms with Gasteiger partial charge in [-0.2, -0.15) is 0 Å². The monoisotopic (exact) mass is 164 g/mol. The molecule has 0 atom stereocenters. The van der Waals surface area contributed by atoms with Crippen molar-refractivity contribution >= 4 is 5.71 Å². The van der Waals surface area contributed by atoms with Gasteiger partial charge in [-0.1, -0.05) is 24.6 Å². The summed E-state index contributed by atoms with van der Waals surface area (Å²) in [6, 6.07) is 5.55. The highest BCUT2D eigenvalue weighted by Gasteiger charge is 2.02. The molecule has 64 valence electrons. The summed E-state index contributed by atoms with van der Waals surface area (Å²) in [5.74, 6) is 0. The maximum atomic E-state index is 8.66. The summed E-state index contributed by atoms with van der Waals surface area (Å²) < 4.78 is 0. The molecule has 0 saturated heterocycles. The third-order valence-electron chi connectivity index (χ3n) is 1.57. The molecular weight excluding hydrogens is 152 g/mol. The molecule has 0 radical (unpaired) electrons. The number of oxime groups is 1. The van der Waals surface area contributed by atoms with Gasteiger partial charge in [0.05, 0.1) is 5.69 Å². The molecule has 0 spiro atoms. The van der Waals surface area contributed by atoms with E-state index in [2.05, 4.69) is 10.1 Å². The number of hydrogen-bond donors (Lipinski definition) is 1. The van der Waals surface area contributed by atoms with E-state index >= 15 is 0 Å². The van der Waals surface area contributed by atoms with Crippen molar-refractivity contribution in [1.29, 1.82) is 0 Å². The lowest BCUT2D eigenvalue weighted by molar-refractivity contribution is 0.317. The highest BCUT2D eigenvalue weighted by atomic mass is 16.4. The van der Waals surface area contributed by atoms with E-state index in [1.165, 1.54) is 0 Å². The van der Waals surface area contributed by atoms with E-state index < -0.39 is 0 Å². The molecule has 0 aromatic carbocycles. The van der Waals surface area contributed by atoms with Crippen molar-refractivity contribution in [2.45, 2.75) is 19.8 Å². The van der Waals surface area contributed by atoms with Crippen LogP contribution in [0.2, 0.25) is 0 Å². The van der Waals surface area contributed by atoms with Gasteiger partial charge in [0.15, 0.2) is 0 Å². The van der Waals surface area contributed by atoms with Crippen molar-refractivity contribution < 1.29 is 5.21 Å². The Kier molecular flexibility index (Phi) is 3.26. The molecule has 0 amide bonds. The Bertz CT molecular complexity index is 256. The van der Waals surface area contributed by atoms with Gasteiger partial charge in [-0.15, -0.1) is 0 Å². The van der Waals surface area contributed by atoms with Crippen LogP contribution in [0.1, 0.15) is 25.5 Å². The van der Waals surface area contributed by atoms with Crippen LogP contribution in [0, 0.1) is 0 Å². The lowest BCUT2D eigenvalue weighted by Gasteiger charge is -1.99. The highest BCUT2D eigenvalue weighted by molar-refractivity contribution is 5.98. The predicted octanol–water partition coefficient (Wildman–Crippen LogP) is 2.06. The smallest absolute Gasteiger partial charge is 0.105 e. The molecule has 1 aromatic rings. The lowest BCUT2D eigenvalue weighted by Crippen LogP contribution is -2.02. The molecule has 3 heteroatoms. The van der Waals surface area contributed by atoms with Gasteiger partial charge in [-0.25, -0.2) is 0 Å². The average molecular weight is 164 g/mol. The van der Waals surface area contributed by atoms with Gasteiger partial charge in [0, 0.05) is 6.20 Å². The van der Waals surface area contributed by atoms with Crippen LogP contribution in [0.5, 0.6) is 0 Å². The van der Waals surface area contributed by atoms with E-state index in [1.807, 2.05) is 25.1 Å². The van der Waals surface area contributed by atoms with Gasteiger partial charge in [0.2, 0.25) is 0 Å². The molecule has 0 bridgehead atoms. The van der Waals surface area contributed by atoms with Crippen LogP contribution in [0.15, 0.2) is 29.6 Å². The number of nitrogens with zero attached hydrogens (tertiary/aromatic N) is 2. The average Bonchev–Trinajstić information content (AvgIpc) is 2.15. The molecule has 1 rings (SSSR count). The number of hydrogen-bond acceptors (Lipinski definition) is 3. The largest absolute Gasteiger partial charge is 0.411 e. The summed E-state index contributed by atoms with van der Waals surface area (Å²) in [6.45, 7) is 2.04. The Morgan fingerprint density at radius 2 is 2.42 bits per heavy atom. The predicted molar refractivity (Wildman–Crippen MR) is 47.5 cm³/mol. The van der Waals surface area contributed by atoms with E-state index in [0.29, 0.717) is 5.71 Å². The molecule has 0 unspecified atom stereocenters. The maximum absolute atomic E-state index is 8.66. The zero-order chi connectivity index (χ0) is 8.81. The van der Waals surface area contributed by atoms with Crippen molar-refractivity contribution in [1.82, 2.24) is 4.98 Å². The molecule has 0 fully saturated rings. The Morgan fingerprint density at radius 3 is 2.92 bits per heavy atom. The van der Waals surface area contributed by atoms with Crippen LogP contribution in [0.3, 0.4) is 0 Å². The minimum atomic E-state index is 0.651. The van der Waals surface area contributed by atoms with Crippen LogP contribution in [-0.2, 0) is 0 Å². The summed E-state index contributed by atoms with van der Waals surface area (Å²) in [5, 5.41) is 11.9. The second-order valence-electron chi connectivity index (χ2n) is 2.51. The third-order valence-corrected chi connectivity index (χ3v) is 1.57. The zero-order valence-electron chi connectivity index (χ0n) is 7.07. The van der Waals surface area contributed by atoms with E-state index in [0.717, 1.165) is 18.5 Å². The molecule has 0 aliphatic rings. The van der Waals surface area contributed by atoms with Gasteiger partial charge in [0.25, 0.3) is 0 Å². The Hall–Kier alpha value is -1.38.